The molecule has 0 amide bonds. The van der Waals surface area contributed by atoms with E-state index in [9.17, 15) is 4.79 Å². The number of methoxy groups -OCH3 is 1. The number of nitrogens with one attached hydrogen (secondary N) is 1. The molecule has 1 aliphatic heterocycles. The summed E-state index contributed by atoms with van der Waals surface area (Å²) < 4.78 is 4.74. The first-order chi connectivity index (χ1) is 5.81. The van der Waals surface area contributed by atoms with Crippen molar-refractivity contribution in [3.8, 4) is 0 Å². The molecule has 1 unspecified atom stereocenters. The molecular weight excluding hydrogens is 190 g/mol. The van der Waals surface area contributed by atoms with Crippen LogP contribution in [0, 0.1) is 17.8 Å². The largest absolute Gasteiger partial charge is 0.469 e. The predicted molar refractivity (Wildman–Crippen MR) is 51.8 cm³/mol. The quantitative estimate of drug-likeness (QED) is 0.645. The molecular formula is C9H16ClNO2. The van der Waals surface area contributed by atoms with E-state index in [4.69, 9.17) is 4.74 Å². The third-order valence-corrected chi connectivity index (χ3v) is 3.19. The number of rotatable bonds is 1. The van der Waals surface area contributed by atoms with E-state index in [1.807, 2.05) is 0 Å². The van der Waals surface area contributed by atoms with Crippen LogP contribution in [0.1, 0.15) is 12.8 Å². The van der Waals surface area contributed by atoms with Crippen LogP contribution in [0.5, 0.6) is 0 Å². The minimum atomic E-state index is -0.00981. The summed E-state index contributed by atoms with van der Waals surface area (Å²) in [4.78, 5) is 11.2. The molecule has 1 saturated carbocycles. The lowest BCUT2D eigenvalue weighted by Crippen LogP contribution is -2.17. The van der Waals surface area contributed by atoms with Crippen molar-refractivity contribution in [3.05, 3.63) is 0 Å². The van der Waals surface area contributed by atoms with Gasteiger partial charge in [-0.15, -0.1) is 12.4 Å². The zero-order valence-electron chi connectivity index (χ0n) is 7.79. The fraction of sp³-hybridized carbons (Fsp3) is 0.889. The van der Waals surface area contributed by atoms with Gasteiger partial charge in [-0.3, -0.25) is 4.79 Å². The Morgan fingerprint density at radius 1 is 1.31 bits per heavy atom. The summed E-state index contributed by atoms with van der Waals surface area (Å²) in [7, 11) is 1.48. The second-order valence-electron chi connectivity index (χ2n) is 3.87. The highest BCUT2D eigenvalue weighted by atomic mass is 35.5. The molecule has 0 aromatic carbocycles. The Kier molecular flexibility index (Phi) is 3.56. The maximum Gasteiger partial charge on any atom is 0.308 e. The fourth-order valence-corrected chi connectivity index (χ4v) is 2.53. The van der Waals surface area contributed by atoms with E-state index in [-0.39, 0.29) is 24.3 Å². The Hall–Kier alpha value is -0.280. The lowest BCUT2D eigenvalue weighted by Gasteiger charge is -2.07. The van der Waals surface area contributed by atoms with Gasteiger partial charge in [-0.2, -0.15) is 0 Å². The normalized spacial score (nSPS) is 36.5. The van der Waals surface area contributed by atoms with Crippen molar-refractivity contribution in [2.45, 2.75) is 12.8 Å². The van der Waals surface area contributed by atoms with Gasteiger partial charge in [0.05, 0.1) is 13.0 Å². The molecule has 1 aliphatic carbocycles. The van der Waals surface area contributed by atoms with Crippen molar-refractivity contribution in [2.24, 2.45) is 17.8 Å². The summed E-state index contributed by atoms with van der Waals surface area (Å²) in [6, 6.07) is 0. The van der Waals surface area contributed by atoms with Crippen molar-refractivity contribution in [1.29, 1.82) is 0 Å². The maximum absolute atomic E-state index is 11.2. The first kappa shape index (κ1) is 10.8. The van der Waals surface area contributed by atoms with Gasteiger partial charge in [0.2, 0.25) is 0 Å². The molecule has 0 bridgehead atoms. The maximum atomic E-state index is 11.2. The van der Waals surface area contributed by atoms with Crippen LogP contribution in [0.25, 0.3) is 0 Å². The fourth-order valence-electron chi connectivity index (χ4n) is 2.53. The Morgan fingerprint density at radius 3 is 2.31 bits per heavy atom. The Labute approximate surface area is 84.6 Å². The number of fused-ring (bicyclic) bond motifs is 1. The second kappa shape index (κ2) is 4.29. The van der Waals surface area contributed by atoms with Crippen LogP contribution >= 0.6 is 12.4 Å². The first-order valence-corrected chi connectivity index (χ1v) is 4.60. The Balaban J connectivity index is 0.000000845. The number of ether oxygens (including phenoxy) is 1. The monoisotopic (exact) mass is 205 g/mol. The molecule has 2 fully saturated rings. The lowest BCUT2D eigenvalue weighted by molar-refractivity contribution is -0.145. The third kappa shape index (κ3) is 1.97. The predicted octanol–water partition coefficient (Wildman–Crippen LogP) is 0.827. The smallest absolute Gasteiger partial charge is 0.308 e. The van der Waals surface area contributed by atoms with Gasteiger partial charge in [-0.1, -0.05) is 0 Å². The van der Waals surface area contributed by atoms with Crippen LogP contribution < -0.4 is 5.32 Å². The van der Waals surface area contributed by atoms with E-state index >= 15 is 0 Å². The molecule has 3 atom stereocenters. The van der Waals surface area contributed by atoms with Crippen LogP contribution in [0.15, 0.2) is 0 Å². The van der Waals surface area contributed by atoms with E-state index in [1.165, 1.54) is 7.11 Å². The third-order valence-electron chi connectivity index (χ3n) is 3.19. The molecule has 0 aromatic rings. The second-order valence-corrected chi connectivity index (χ2v) is 3.87. The molecule has 3 nitrogen and oxygen atoms in total. The molecule has 2 aliphatic rings. The highest BCUT2D eigenvalue weighted by molar-refractivity contribution is 5.85. The van der Waals surface area contributed by atoms with Gasteiger partial charge in [0.25, 0.3) is 0 Å². The zero-order chi connectivity index (χ0) is 8.55. The molecule has 76 valence electrons. The van der Waals surface area contributed by atoms with Crippen LogP contribution in [-0.2, 0) is 9.53 Å². The number of halogens is 1. The number of carbonyl (C=O) groups is 1. The van der Waals surface area contributed by atoms with Crippen molar-refractivity contribution in [2.75, 3.05) is 20.2 Å². The van der Waals surface area contributed by atoms with E-state index in [0.717, 1.165) is 37.8 Å². The van der Waals surface area contributed by atoms with E-state index in [1.54, 1.807) is 0 Å². The lowest BCUT2D eigenvalue weighted by atomic mass is 10.0. The van der Waals surface area contributed by atoms with Gasteiger partial charge >= 0.3 is 5.97 Å². The summed E-state index contributed by atoms with van der Waals surface area (Å²) in [6.45, 7) is 2.19. The topological polar surface area (TPSA) is 38.3 Å². The molecule has 0 spiro atoms. The van der Waals surface area contributed by atoms with Crippen molar-refractivity contribution >= 4 is 18.4 Å². The average Bonchev–Trinajstić information content (AvgIpc) is 2.60. The number of carbonyl (C=O) groups excluding carboxylic acids is 1. The summed E-state index contributed by atoms with van der Waals surface area (Å²) in [6.07, 6.45) is 2.06. The molecule has 1 heterocycles. The number of hydrogen-bond donors (Lipinski definition) is 1. The number of hydrogen-bond acceptors (Lipinski definition) is 3. The first-order valence-electron chi connectivity index (χ1n) is 4.60. The van der Waals surface area contributed by atoms with Crippen LogP contribution in [-0.4, -0.2) is 26.2 Å². The summed E-state index contributed by atoms with van der Waals surface area (Å²) in [5.74, 6) is 1.64. The number of esters is 1. The summed E-state index contributed by atoms with van der Waals surface area (Å²) in [5.41, 5.74) is 0. The van der Waals surface area contributed by atoms with Crippen molar-refractivity contribution < 1.29 is 9.53 Å². The summed E-state index contributed by atoms with van der Waals surface area (Å²) in [5, 5.41) is 3.35. The SMILES string of the molecule is COC(=O)C1C[C@H]2CNC[C@H]2C1.Cl. The van der Waals surface area contributed by atoms with E-state index < -0.39 is 0 Å². The highest BCUT2D eigenvalue weighted by Gasteiger charge is 2.40. The molecule has 2 rings (SSSR count). The Bertz CT molecular complexity index is 186. The molecule has 1 N–H and O–H groups in total. The molecule has 4 heteroatoms. The van der Waals surface area contributed by atoms with Gasteiger partial charge in [0, 0.05) is 0 Å². The average molecular weight is 206 g/mol. The van der Waals surface area contributed by atoms with Crippen LogP contribution in [0.2, 0.25) is 0 Å². The highest BCUT2D eigenvalue weighted by Crippen LogP contribution is 2.38. The summed E-state index contributed by atoms with van der Waals surface area (Å²) >= 11 is 0. The van der Waals surface area contributed by atoms with Gasteiger partial charge in [-0.25, -0.2) is 0 Å². The van der Waals surface area contributed by atoms with Gasteiger partial charge in [0.1, 0.15) is 0 Å². The van der Waals surface area contributed by atoms with Crippen molar-refractivity contribution in [3.63, 3.8) is 0 Å². The minimum absolute atomic E-state index is 0. The Morgan fingerprint density at radius 2 is 1.85 bits per heavy atom. The van der Waals surface area contributed by atoms with E-state index in [0.29, 0.717) is 0 Å². The standard InChI is InChI=1S/C9H15NO2.ClH/c1-12-9(11)6-2-7-4-10-5-8(7)3-6;/h6-8,10H,2-5H2,1H3;1H/t6?,7-,8+;. The molecule has 1 saturated heterocycles. The van der Waals surface area contributed by atoms with Crippen LogP contribution in [0.4, 0.5) is 0 Å². The van der Waals surface area contributed by atoms with Gasteiger partial charge < -0.3 is 10.1 Å². The zero-order valence-corrected chi connectivity index (χ0v) is 8.60. The molecule has 0 aromatic heterocycles. The van der Waals surface area contributed by atoms with Gasteiger partial charge in [0.15, 0.2) is 0 Å². The van der Waals surface area contributed by atoms with Crippen molar-refractivity contribution in [1.82, 2.24) is 5.32 Å². The van der Waals surface area contributed by atoms with E-state index in [2.05, 4.69) is 5.32 Å². The molecule has 0 radical (unpaired) electrons. The van der Waals surface area contributed by atoms with Crippen LogP contribution in [0.3, 0.4) is 0 Å². The molecule has 13 heavy (non-hydrogen) atoms. The minimum Gasteiger partial charge on any atom is -0.469 e. The van der Waals surface area contributed by atoms with Gasteiger partial charge in [-0.05, 0) is 37.8 Å².